The van der Waals surface area contributed by atoms with E-state index >= 15 is 0 Å². The molecular formula is C7H10O5S. The van der Waals surface area contributed by atoms with Gasteiger partial charge in [0.1, 0.15) is 0 Å². The van der Waals surface area contributed by atoms with E-state index in [1.807, 2.05) is 0 Å². The molecule has 5 nitrogen and oxygen atoms in total. The van der Waals surface area contributed by atoms with Crippen molar-refractivity contribution in [1.82, 2.24) is 0 Å². The number of rotatable bonds is 2. The average molecular weight is 206 g/mol. The third-order valence-electron chi connectivity index (χ3n) is 1.53. The summed E-state index contributed by atoms with van der Waals surface area (Å²) in [6.45, 7) is 1.43. The van der Waals surface area contributed by atoms with E-state index in [9.17, 15) is 13.8 Å². The molecule has 74 valence electrons. The Morgan fingerprint density at radius 3 is 2.46 bits per heavy atom. The van der Waals surface area contributed by atoms with Crippen molar-refractivity contribution in [2.75, 3.05) is 12.0 Å². The second-order valence-electron chi connectivity index (χ2n) is 2.74. The van der Waals surface area contributed by atoms with Gasteiger partial charge in [-0.3, -0.25) is 4.21 Å². The third-order valence-corrected chi connectivity index (χ3v) is 2.30. The van der Waals surface area contributed by atoms with Gasteiger partial charge in [-0.15, -0.1) is 0 Å². The summed E-state index contributed by atoms with van der Waals surface area (Å²) in [5, 5.41) is 0. The van der Waals surface area contributed by atoms with Crippen molar-refractivity contribution in [2.45, 2.75) is 19.1 Å². The monoisotopic (exact) mass is 206 g/mol. The van der Waals surface area contributed by atoms with Crippen LogP contribution in [0.2, 0.25) is 0 Å². The summed E-state index contributed by atoms with van der Waals surface area (Å²) in [7, 11) is -1.19. The number of carbonyl (C=O) groups is 2. The smallest absolute Gasteiger partial charge is 0.349 e. The van der Waals surface area contributed by atoms with Gasteiger partial charge in [-0.2, -0.15) is 0 Å². The highest BCUT2D eigenvalue weighted by Gasteiger charge is 2.35. The van der Waals surface area contributed by atoms with Gasteiger partial charge in [0.25, 0.3) is 0 Å². The third kappa shape index (κ3) is 2.51. The van der Waals surface area contributed by atoms with Crippen LogP contribution in [0.25, 0.3) is 0 Å². The van der Waals surface area contributed by atoms with E-state index in [2.05, 4.69) is 4.74 Å². The first-order valence-electron chi connectivity index (χ1n) is 3.71. The van der Waals surface area contributed by atoms with Crippen LogP contribution in [0.15, 0.2) is 0 Å². The minimum absolute atomic E-state index is 0.00269. The van der Waals surface area contributed by atoms with E-state index in [1.54, 1.807) is 0 Å². The molecule has 0 amide bonds. The molecule has 3 unspecified atom stereocenters. The van der Waals surface area contributed by atoms with Gasteiger partial charge in [-0.1, -0.05) is 0 Å². The minimum Gasteiger partial charge on any atom is -0.448 e. The highest BCUT2D eigenvalue weighted by molar-refractivity contribution is 7.84. The van der Waals surface area contributed by atoms with Gasteiger partial charge in [0.05, 0.1) is 5.75 Å². The van der Waals surface area contributed by atoms with Crippen LogP contribution in [0.5, 0.6) is 0 Å². The highest BCUT2D eigenvalue weighted by Crippen LogP contribution is 2.10. The fraction of sp³-hybridized carbons (Fsp3) is 0.714. The van der Waals surface area contributed by atoms with E-state index in [0.717, 1.165) is 0 Å². The minimum atomic E-state index is -1.19. The summed E-state index contributed by atoms with van der Waals surface area (Å²) in [5.74, 6) is -1.21. The molecule has 1 aliphatic heterocycles. The van der Waals surface area contributed by atoms with Gasteiger partial charge < -0.3 is 9.47 Å². The maximum Gasteiger partial charge on any atom is 0.349 e. The Labute approximate surface area is 77.8 Å². The van der Waals surface area contributed by atoms with E-state index in [1.165, 1.54) is 13.2 Å². The maximum absolute atomic E-state index is 11.1. The van der Waals surface area contributed by atoms with Crippen molar-refractivity contribution in [3.63, 3.8) is 0 Å². The Morgan fingerprint density at radius 1 is 1.31 bits per heavy atom. The Morgan fingerprint density at radius 2 is 1.92 bits per heavy atom. The molecule has 0 saturated carbocycles. The second-order valence-corrected chi connectivity index (χ2v) is 4.22. The number of cyclic esters (lactones) is 2. The number of esters is 2. The van der Waals surface area contributed by atoms with Crippen LogP contribution in [-0.4, -0.2) is 40.4 Å². The van der Waals surface area contributed by atoms with Crippen LogP contribution >= 0.6 is 0 Å². The van der Waals surface area contributed by atoms with Gasteiger partial charge in [-0.25, -0.2) is 9.59 Å². The molecule has 0 N–H and O–H groups in total. The number of carbonyl (C=O) groups excluding carboxylic acids is 2. The van der Waals surface area contributed by atoms with Crippen molar-refractivity contribution in [3.8, 4) is 0 Å². The molecular weight excluding hydrogens is 196 g/mol. The van der Waals surface area contributed by atoms with Crippen LogP contribution < -0.4 is 0 Å². The van der Waals surface area contributed by atoms with Gasteiger partial charge in [-0.05, 0) is 6.92 Å². The SMILES string of the molecule is CC1OC(=O)C(CS(C)=O)OC1=O. The lowest BCUT2D eigenvalue weighted by Gasteiger charge is -2.24. The number of hydrogen-bond donors (Lipinski definition) is 0. The zero-order valence-electron chi connectivity index (χ0n) is 7.31. The first-order valence-corrected chi connectivity index (χ1v) is 5.44. The van der Waals surface area contributed by atoms with Gasteiger partial charge in [0, 0.05) is 17.1 Å². The Hall–Kier alpha value is -0.910. The summed E-state index contributed by atoms with van der Waals surface area (Å²) in [6, 6.07) is 0. The first-order chi connectivity index (χ1) is 6.00. The zero-order valence-corrected chi connectivity index (χ0v) is 8.13. The second kappa shape index (κ2) is 3.87. The molecule has 1 rings (SSSR count). The fourth-order valence-electron chi connectivity index (χ4n) is 0.898. The Bertz CT molecular complexity index is 262. The lowest BCUT2D eigenvalue weighted by atomic mass is 10.3. The molecule has 1 fully saturated rings. The van der Waals surface area contributed by atoms with Crippen LogP contribution in [0, 0.1) is 0 Å². The standard InChI is InChI=1S/C7H10O5S/c1-4-6(8)12-5(3-13(2)10)7(9)11-4/h4-5H,3H2,1-2H3. The first kappa shape index (κ1) is 10.2. The molecule has 0 spiro atoms. The predicted molar refractivity (Wildman–Crippen MR) is 44.4 cm³/mol. The fourth-order valence-corrected chi connectivity index (χ4v) is 1.53. The molecule has 0 bridgehead atoms. The number of hydrogen-bond acceptors (Lipinski definition) is 5. The summed E-state index contributed by atoms with van der Waals surface area (Å²) in [4.78, 5) is 22.0. The quantitative estimate of drug-likeness (QED) is 0.554. The van der Waals surface area contributed by atoms with Gasteiger partial charge >= 0.3 is 11.9 Å². The van der Waals surface area contributed by atoms with Crippen molar-refractivity contribution in [3.05, 3.63) is 0 Å². The van der Waals surface area contributed by atoms with Crippen LogP contribution in [0.4, 0.5) is 0 Å². The molecule has 0 aliphatic carbocycles. The molecule has 1 heterocycles. The molecule has 1 saturated heterocycles. The van der Waals surface area contributed by atoms with Crippen molar-refractivity contribution in [1.29, 1.82) is 0 Å². The average Bonchev–Trinajstić information content (AvgIpc) is 1.99. The lowest BCUT2D eigenvalue weighted by Crippen LogP contribution is -2.45. The van der Waals surface area contributed by atoms with Gasteiger partial charge in [0.2, 0.25) is 6.10 Å². The van der Waals surface area contributed by atoms with E-state index < -0.39 is 34.9 Å². The molecule has 1 aliphatic rings. The predicted octanol–water partition coefficient (Wildman–Crippen LogP) is -0.778. The summed E-state index contributed by atoms with van der Waals surface area (Å²) in [6.07, 6.45) is -0.428. The normalized spacial score (nSPS) is 30.6. The van der Waals surface area contributed by atoms with Crippen LogP contribution in [0.3, 0.4) is 0 Å². The lowest BCUT2D eigenvalue weighted by molar-refractivity contribution is -0.191. The zero-order chi connectivity index (χ0) is 10.0. The van der Waals surface area contributed by atoms with Crippen molar-refractivity contribution in [2.24, 2.45) is 0 Å². The van der Waals surface area contributed by atoms with Crippen molar-refractivity contribution < 1.29 is 23.3 Å². The van der Waals surface area contributed by atoms with Crippen molar-refractivity contribution >= 4 is 22.7 Å². The van der Waals surface area contributed by atoms with Crippen LogP contribution in [0.1, 0.15) is 6.92 Å². The summed E-state index contributed by atoms with van der Waals surface area (Å²) < 4.78 is 20.1. The maximum atomic E-state index is 11.1. The molecule has 0 aromatic rings. The summed E-state index contributed by atoms with van der Waals surface area (Å²) in [5.41, 5.74) is 0. The molecule has 3 atom stereocenters. The van der Waals surface area contributed by atoms with Crippen LogP contribution in [-0.2, 0) is 29.9 Å². The summed E-state index contributed by atoms with van der Waals surface area (Å²) >= 11 is 0. The molecule has 0 radical (unpaired) electrons. The Balaban J connectivity index is 2.61. The highest BCUT2D eigenvalue weighted by atomic mass is 32.2. The number of ether oxygens (including phenoxy) is 2. The van der Waals surface area contributed by atoms with E-state index in [0.29, 0.717) is 0 Å². The molecule has 6 heteroatoms. The largest absolute Gasteiger partial charge is 0.448 e. The van der Waals surface area contributed by atoms with Gasteiger partial charge in [0.15, 0.2) is 6.10 Å². The molecule has 13 heavy (non-hydrogen) atoms. The topological polar surface area (TPSA) is 69.7 Å². The molecule has 0 aromatic heterocycles. The Kier molecular flexibility index (Phi) is 3.02. The van der Waals surface area contributed by atoms with E-state index in [4.69, 9.17) is 4.74 Å². The molecule has 0 aromatic carbocycles. The van der Waals surface area contributed by atoms with E-state index in [-0.39, 0.29) is 5.75 Å².